The molecule has 1 aliphatic heterocycles. The van der Waals surface area contributed by atoms with Crippen molar-refractivity contribution in [2.75, 3.05) is 36.4 Å². The summed E-state index contributed by atoms with van der Waals surface area (Å²) >= 11 is 0. The third-order valence-corrected chi connectivity index (χ3v) is 5.85. The summed E-state index contributed by atoms with van der Waals surface area (Å²) in [4.78, 5) is 17.1. The Morgan fingerprint density at radius 2 is 1.58 bits per heavy atom. The molecule has 4 rings (SSSR count). The van der Waals surface area contributed by atoms with Gasteiger partial charge in [0.1, 0.15) is 0 Å². The van der Waals surface area contributed by atoms with E-state index in [0.717, 1.165) is 37.3 Å². The maximum Gasteiger partial charge on any atom is 0.416 e. The number of nitrogens with one attached hydrogen (secondary N) is 1. The zero-order valence-corrected chi connectivity index (χ0v) is 18.4. The summed E-state index contributed by atoms with van der Waals surface area (Å²) in [6.45, 7) is 5.61. The van der Waals surface area contributed by atoms with Crippen LogP contribution in [0.3, 0.4) is 0 Å². The van der Waals surface area contributed by atoms with Crippen LogP contribution in [0.2, 0.25) is 0 Å². The minimum absolute atomic E-state index is 0.173. The Hall–Kier alpha value is -3.32. The van der Waals surface area contributed by atoms with Crippen LogP contribution in [-0.2, 0) is 12.7 Å². The monoisotopic (exact) mass is 453 g/mol. The van der Waals surface area contributed by atoms with Gasteiger partial charge in [0, 0.05) is 38.3 Å². The summed E-state index contributed by atoms with van der Waals surface area (Å²) in [6.07, 6.45) is -4.49. The summed E-state index contributed by atoms with van der Waals surface area (Å²) < 4.78 is 40.1. The molecule has 1 amide bonds. The molecule has 1 N–H and O–H groups in total. The maximum absolute atomic E-state index is 13.4. The average Bonchev–Trinajstić information content (AvgIpc) is 2.80. The normalized spacial score (nSPS) is 14.8. The number of alkyl halides is 3. The fourth-order valence-electron chi connectivity index (χ4n) is 3.98. The van der Waals surface area contributed by atoms with Crippen molar-refractivity contribution in [2.24, 2.45) is 0 Å². The number of rotatable bonds is 5. The topological polar surface area (TPSA) is 35.6 Å². The van der Waals surface area contributed by atoms with Gasteiger partial charge in [0.2, 0.25) is 0 Å². The second-order valence-corrected chi connectivity index (χ2v) is 8.30. The van der Waals surface area contributed by atoms with Crippen LogP contribution in [0.1, 0.15) is 27.0 Å². The highest BCUT2D eigenvalue weighted by atomic mass is 19.4. The molecule has 4 nitrogen and oxygen atoms in total. The van der Waals surface area contributed by atoms with Crippen LogP contribution in [0.4, 0.5) is 24.5 Å². The van der Waals surface area contributed by atoms with Crippen molar-refractivity contribution in [3.63, 3.8) is 0 Å². The third-order valence-electron chi connectivity index (χ3n) is 5.85. The molecule has 0 atom stereocenters. The van der Waals surface area contributed by atoms with Crippen molar-refractivity contribution in [3.05, 3.63) is 95.1 Å². The SMILES string of the molecule is Cc1ccc(C(=O)Nc2cc(C(F)(F)F)ccc2N2CCN(Cc3ccccc3)CC2)cc1. The molecule has 172 valence electrons. The Labute approximate surface area is 191 Å². The van der Waals surface area contributed by atoms with Gasteiger partial charge in [-0.15, -0.1) is 0 Å². The number of carbonyl (C=O) groups excluding carboxylic acids is 1. The fourth-order valence-corrected chi connectivity index (χ4v) is 3.98. The highest BCUT2D eigenvalue weighted by Gasteiger charge is 2.32. The van der Waals surface area contributed by atoms with E-state index in [4.69, 9.17) is 0 Å². The highest BCUT2D eigenvalue weighted by molar-refractivity contribution is 6.06. The predicted octanol–water partition coefficient (Wildman–Crippen LogP) is 5.59. The van der Waals surface area contributed by atoms with Gasteiger partial charge in [-0.2, -0.15) is 13.2 Å². The lowest BCUT2D eigenvalue weighted by atomic mass is 10.1. The number of nitrogens with zero attached hydrogens (tertiary/aromatic N) is 2. The van der Waals surface area contributed by atoms with E-state index in [9.17, 15) is 18.0 Å². The summed E-state index contributed by atoms with van der Waals surface area (Å²) in [7, 11) is 0. The van der Waals surface area contributed by atoms with Gasteiger partial charge < -0.3 is 10.2 Å². The van der Waals surface area contributed by atoms with Gasteiger partial charge in [-0.1, -0.05) is 48.0 Å². The molecule has 1 saturated heterocycles. The number of hydrogen-bond acceptors (Lipinski definition) is 3. The zero-order valence-electron chi connectivity index (χ0n) is 18.4. The summed E-state index contributed by atoms with van der Waals surface area (Å²) in [6, 6.07) is 20.7. The molecule has 0 bridgehead atoms. The van der Waals surface area contributed by atoms with Crippen molar-refractivity contribution in [1.82, 2.24) is 4.90 Å². The first kappa shape index (κ1) is 22.9. The molecule has 0 saturated carbocycles. The molecule has 0 aliphatic carbocycles. The molecule has 1 fully saturated rings. The number of hydrogen-bond donors (Lipinski definition) is 1. The Morgan fingerprint density at radius 1 is 0.909 bits per heavy atom. The number of anilines is 2. The minimum Gasteiger partial charge on any atom is -0.367 e. The van der Waals surface area contributed by atoms with E-state index in [2.05, 4.69) is 22.3 Å². The smallest absolute Gasteiger partial charge is 0.367 e. The first-order valence-electron chi connectivity index (χ1n) is 10.9. The van der Waals surface area contributed by atoms with E-state index in [0.29, 0.717) is 24.3 Å². The Morgan fingerprint density at radius 3 is 2.21 bits per heavy atom. The van der Waals surface area contributed by atoms with Crippen molar-refractivity contribution >= 4 is 17.3 Å². The molecule has 1 aliphatic rings. The van der Waals surface area contributed by atoms with Crippen LogP contribution in [0.25, 0.3) is 0 Å². The standard InChI is InChI=1S/C26H26F3N3O/c1-19-7-9-21(10-8-19)25(33)30-23-17-22(26(27,28)29)11-12-24(23)32-15-13-31(14-16-32)18-20-5-3-2-4-6-20/h2-12,17H,13-16,18H2,1H3,(H,30,33). The Bertz CT molecular complexity index is 1090. The second kappa shape index (κ2) is 9.67. The van der Waals surface area contributed by atoms with E-state index in [1.807, 2.05) is 30.0 Å². The highest BCUT2D eigenvalue weighted by Crippen LogP contribution is 2.36. The molecule has 0 spiro atoms. The zero-order chi connectivity index (χ0) is 23.4. The lowest BCUT2D eigenvalue weighted by Gasteiger charge is -2.37. The first-order chi connectivity index (χ1) is 15.8. The largest absolute Gasteiger partial charge is 0.416 e. The number of piperazine rings is 1. The van der Waals surface area contributed by atoms with E-state index in [1.54, 1.807) is 24.3 Å². The molecule has 0 unspecified atom stereocenters. The van der Waals surface area contributed by atoms with E-state index in [-0.39, 0.29) is 5.69 Å². The minimum atomic E-state index is -4.49. The second-order valence-electron chi connectivity index (χ2n) is 8.30. The van der Waals surface area contributed by atoms with Gasteiger partial charge in [-0.3, -0.25) is 9.69 Å². The van der Waals surface area contributed by atoms with Crippen LogP contribution in [0, 0.1) is 6.92 Å². The molecule has 33 heavy (non-hydrogen) atoms. The van der Waals surface area contributed by atoms with Crippen LogP contribution in [0.15, 0.2) is 72.8 Å². The van der Waals surface area contributed by atoms with Gasteiger partial charge in [0.25, 0.3) is 5.91 Å². The van der Waals surface area contributed by atoms with Crippen molar-refractivity contribution in [2.45, 2.75) is 19.6 Å². The van der Waals surface area contributed by atoms with Gasteiger partial charge in [0.15, 0.2) is 0 Å². The molecular formula is C26H26F3N3O. The maximum atomic E-state index is 13.4. The number of carbonyl (C=O) groups is 1. The van der Waals surface area contributed by atoms with Crippen LogP contribution >= 0.6 is 0 Å². The molecule has 3 aromatic rings. The summed E-state index contributed by atoms with van der Waals surface area (Å²) in [5, 5.41) is 2.71. The molecular weight excluding hydrogens is 427 g/mol. The quantitative estimate of drug-likeness (QED) is 0.547. The summed E-state index contributed by atoms with van der Waals surface area (Å²) in [5.74, 6) is -0.432. The lowest BCUT2D eigenvalue weighted by molar-refractivity contribution is -0.137. The molecule has 1 heterocycles. The van der Waals surface area contributed by atoms with Gasteiger partial charge in [-0.05, 0) is 42.8 Å². The number of benzene rings is 3. The van der Waals surface area contributed by atoms with E-state index < -0.39 is 17.6 Å². The first-order valence-corrected chi connectivity index (χ1v) is 10.9. The van der Waals surface area contributed by atoms with Gasteiger partial charge in [-0.25, -0.2) is 0 Å². The lowest BCUT2D eigenvalue weighted by Crippen LogP contribution is -2.46. The number of aryl methyl sites for hydroxylation is 1. The average molecular weight is 454 g/mol. The summed E-state index contributed by atoms with van der Waals surface area (Å²) in [5.41, 5.74) is 2.62. The van der Waals surface area contributed by atoms with Crippen LogP contribution in [0.5, 0.6) is 0 Å². The number of halogens is 3. The van der Waals surface area contributed by atoms with Crippen LogP contribution < -0.4 is 10.2 Å². The van der Waals surface area contributed by atoms with Crippen molar-refractivity contribution < 1.29 is 18.0 Å². The van der Waals surface area contributed by atoms with Crippen LogP contribution in [-0.4, -0.2) is 37.0 Å². The molecule has 0 aromatic heterocycles. The molecule has 0 radical (unpaired) electrons. The predicted molar refractivity (Wildman–Crippen MR) is 125 cm³/mol. The van der Waals surface area contributed by atoms with E-state index in [1.165, 1.54) is 11.6 Å². The third kappa shape index (κ3) is 5.73. The van der Waals surface area contributed by atoms with E-state index >= 15 is 0 Å². The number of amides is 1. The van der Waals surface area contributed by atoms with Gasteiger partial charge in [0.05, 0.1) is 16.9 Å². The Kier molecular flexibility index (Phi) is 6.70. The molecule has 3 aromatic carbocycles. The molecule has 7 heteroatoms. The van der Waals surface area contributed by atoms with Gasteiger partial charge >= 0.3 is 6.18 Å². The van der Waals surface area contributed by atoms with Crippen molar-refractivity contribution in [3.8, 4) is 0 Å². The fraction of sp³-hybridized carbons (Fsp3) is 0.269. The van der Waals surface area contributed by atoms with Crippen molar-refractivity contribution in [1.29, 1.82) is 0 Å². The Balaban J connectivity index is 1.52.